The minimum Gasteiger partial charge on any atom is -0.383 e. The first kappa shape index (κ1) is 15.9. The Balaban J connectivity index is 1.96. The highest BCUT2D eigenvalue weighted by atomic mass is 79.9. The van der Waals surface area contributed by atoms with Crippen molar-refractivity contribution in [3.05, 3.63) is 50.9 Å². The van der Waals surface area contributed by atoms with Crippen molar-refractivity contribution < 1.29 is 4.74 Å². The van der Waals surface area contributed by atoms with Gasteiger partial charge >= 0.3 is 0 Å². The molecule has 1 N–H and O–H groups in total. The molecule has 7 heteroatoms. The molecule has 2 aromatic rings. The monoisotopic (exact) mass is 397 g/mol. The van der Waals surface area contributed by atoms with E-state index < -0.39 is 0 Å². The molecule has 0 bridgehead atoms. The maximum absolute atomic E-state index is 5.54. The number of halogens is 1. The molecular formula is C15H16BrN3OS2. The van der Waals surface area contributed by atoms with E-state index in [1.165, 1.54) is 4.88 Å². The Morgan fingerprint density at radius 1 is 1.50 bits per heavy atom. The Labute approximate surface area is 147 Å². The Bertz CT molecular complexity index is 649. The van der Waals surface area contributed by atoms with Gasteiger partial charge in [0.2, 0.25) is 0 Å². The highest BCUT2D eigenvalue weighted by molar-refractivity contribution is 9.10. The van der Waals surface area contributed by atoms with Crippen LogP contribution in [0.1, 0.15) is 22.7 Å². The van der Waals surface area contributed by atoms with Gasteiger partial charge in [0.25, 0.3) is 0 Å². The summed E-state index contributed by atoms with van der Waals surface area (Å²) < 4.78 is 6.33. The molecule has 1 aliphatic rings. The average Bonchev–Trinajstić information content (AvgIpc) is 3.09. The molecule has 4 nitrogen and oxygen atoms in total. The standard InChI is InChI=1S/C15H16BrN3OS2/c1-20-7-6-19-14(12-8-10(16)9-22-12)13(18-15(19)21)11-4-2-3-5-17-11/h2-5,8-9,13-14H,6-7H2,1H3,(H,18,21)/t13-,14+/m1/s1. The van der Waals surface area contributed by atoms with Crippen molar-refractivity contribution in [2.45, 2.75) is 12.1 Å². The Morgan fingerprint density at radius 2 is 2.36 bits per heavy atom. The molecule has 2 atom stereocenters. The lowest BCUT2D eigenvalue weighted by atomic mass is 10.0. The number of hydrogen-bond donors (Lipinski definition) is 1. The van der Waals surface area contributed by atoms with E-state index in [1.807, 2.05) is 24.4 Å². The number of thiocarbonyl (C=S) groups is 1. The Morgan fingerprint density at radius 3 is 3.00 bits per heavy atom. The van der Waals surface area contributed by atoms with Crippen molar-refractivity contribution in [2.24, 2.45) is 0 Å². The van der Waals surface area contributed by atoms with Gasteiger partial charge in [0, 0.05) is 34.6 Å². The summed E-state index contributed by atoms with van der Waals surface area (Å²) in [4.78, 5) is 7.95. The molecule has 1 saturated heterocycles. The van der Waals surface area contributed by atoms with Crippen molar-refractivity contribution in [3.8, 4) is 0 Å². The number of thiophene rings is 1. The zero-order chi connectivity index (χ0) is 15.5. The number of hydrogen-bond acceptors (Lipinski definition) is 4. The number of methoxy groups -OCH3 is 1. The van der Waals surface area contributed by atoms with Gasteiger partial charge in [-0.1, -0.05) is 6.07 Å². The third-order valence-electron chi connectivity index (χ3n) is 3.61. The number of rotatable bonds is 5. The van der Waals surface area contributed by atoms with E-state index in [4.69, 9.17) is 17.0 Å². The summed E-state index contributed by atoms with van der Waals surface area (Å²) in [6.45, 7) is 1.39. The topological polar surface area (TPSA) is 37.4 Å². The van der Waals surface area contributed by atoms with Crippen LogP contribution in [0.15, 0.2) is 40.3 Å². The lowest BCUT2D eigenvalue weighted by Crippen LogP contribution is -2.32. The number of nitrogens with one attached hydrogen (secondary N) is 1. The first-order valence-electron chi connectivity index (χ1n) is 6.91. The van der Waals surface area contributed by atoms with E-state index in [-0.39, 0.29) is 12.1 Å². The minimum atomic E-state index is 0.0520. The lowest BCUT2D eigenvalue weighted by Gasteiger charge is -2.26. The van der Waals surface area contributed by atoms with Gasteiger partial charge in [0.15, 0.2) is 5.11 Å². The molecule has 1 aliphatic heterocycles. The maximum atomic E-state index is 5.54. The van der Waals surface area contributed by atoms with E-state index in [0.29, 0.717) is 6.61 Å². The van der Waals surface area contributed by atoms with Crippen molar-refractivity contribution in [1.82, 2.24) is 15.2 Å². The summed E-state index contributed by atoms with van der Waals surface area (Å²) in [5, 5.41) is 6.27. The molecule has 1 fully saturated rings. The van der Waals surface area contributed by atoms with Crippen LogP contribution in [-0.2, 0) is 4.74 Å². The molecule has 2 aromatic heterocycles. The zero-order valence-electron chi connectivity index (χ0n) is 12.0. The zero-order valence-corrected chi connectivity index (χ0v) is 15.2. The van der Waals surface area contributed by atoms with Crippen LogP contribution >= 0.6 is 39.5 Å². The Kier molecular flexibility index (Phi) is 5.07. The second-order valence-corrected chi connectivity index (χ2v) is 7.23. The van der Waals surface area contributed by atoms with Gasteiger partial charge in [-0.15, -0.1) is 11.3 Å². The fraction of sp³-hybridized carbons (Fsp3) is 0.333. The third-order valence-corrected chi connectivity index (χ3v) is 5.73. The van der Waals surface area contributed by atoms with Gasteiger partial charge in [0.1, 0.15) is 0 Å². The fourth-order valence-electron chi connectivity index (χ4n) is 2.63. The maximum Gasteiger partial charge on any atom is 0.170 e. The largest absolute Gasteiger partial charge is 0.383 e. The summed E-state index contributed by atoms with van der Waals surface area (Å²) in [5.74, 6) is 0. The molecule has 0 saturated carbocycles. The van der Waals surface area contributed by atoms with Crippen molar-refractivity contribution in [2.75, 3.05) is 20.3 Å². The summed E-state index contributed by atoms with van der Waals surface area (Å²) >= 11 is 10.8. The van der Waals surface area contributed by atoms with E-state index in [2.05, 4.69) is 42.6 Å². The first-order valence-corrected chi connectivity index (χ1v) is 8.99. The molecule has 0 aromatic carbocycles. The molecule has 0 amide bonds. The Hall–Kier alpha value is -1.02. The molecule has 3 rings (SSSR count). The lowest BCUT2D eigenvalue weighted by molar-refractivity contribution is 0.164. The van der Waals surface area contributed by atoms with E-state index >= 15 is 0 Å². The highest BCUT2D eigenvalue weighted by Gasteiger charge is 2.40. The van der Waals surface area contributed by atoms with Crippen molar-refractivity contribution in [1.29, 1.82) is 0 Å². The van der Waals surface area contributed by atoms with Crippen molar-refractivity contribution >= 4 is 44.6 Å². The normalized spacial score (nSPS) is 21.2. The quantitative estimate of drug-likeness (QED) is 0.781. The van der Waals surface area contributed by atoms with E-state index in [0.717, 1.165) is 21.8 Å². The van der Waals surface area contributed by atoms with Crippen LogP contribution in [0, 0.1) is 0 Å². The second kappa shape index (κ2) is 7.04. The van der Waals surface area contributed by atoms with Crippen LogP contribution in [0.2, 0.25) is 0 Å². The number of nitrogens with zero attached hydrogens (tertiary/aromatic N) is 2. The molecule has 0 radical (unpaired) electrons. The fourth-order valence-corrected chi connectivity index (χ4v) is 4.55. The summed E-state index contributed by atoms with van der Waals surface area (Å²) in [5.41, 5.74) is 0.999. The number of aromatic nitrogens is 1. The molecule has 0 aliphatic carbocycles. The molecule has 0 spiro atoms. The predicted octanol–water partition coefficient (Wildman–Crippen LogP) is 3.52. The third kappa shape index (κ3) is 3.17. The smallest absolute Gasteiger partial charge is 0.170 e. The SMILES string of the molecule is COCCN1C(=S)N[C@H](c2ccccn2)[C@@H]1c1cc(Br)cs1. The summed E-state index contributed by atoms with van der Waals surface area (Å²) in [6, 6.07) is 8.31. The van der Waals surface area contributed by atoms with Gasteiger partial charge in [0.05, 0.1) is 24.4 Å². The molecular weight excluding hydrogens is 382 g/mol. The molecule has 22 heavy (non-hydrogen) atoms. The minimum absolute atomic E-state index is 0.0520. The van der Waals surface area contributed by atoms with Crippen LogP contribution in [0.25, 0.3) is 0 Å². The summed E-state index contributed by atoms with van der Waals surface area (Å²) in [7, 11) is 1.71. The van der Waals surface area contributed by atoms with Crippen LogP contribution in [0.3, 0.4) is 0 Å². The molecule has 116 valence electrons. The second-order valence-electron chi connectivity index (χ2n) is 4.98. The van der Waals surface area contributed by atoms with Gasteiger partial charge < -0.3 is 15.0 Å². The molecule has 0 unspecified atom stereocenters. The van der Waals surface area contributed by atoms with Gasteiger partial charge in [-0.25, -0.2) is 0 Å². The number of pyridine rings is 1. The van der Waals surface area contributed by atoms with Crippen LogP contribution < -0.4 is 5.32 Å². The summed E-state index contributed by atoms with van der Waals surface area (Å²) in [6.07, 6.45) is 1.82. The van der Waals surface area contributed by atoms with Gasteiger partial charge in [-0.05, 0) is 46.3 Å². The van der Waals surface area contributed by atoms with Crippen LogP contribution in [0.5, 0.6) is 0 Å². The van der Waals surface area contributed by atoms with E-state index in [1.54, 1.807) is 18.4 Å². The number of ether oxygens (including phenoxy) is 1. The predicted molar refractivity (Wildman–Crippen MR) is 96.1 cm³/mol. The molecule has 3 heterocycles. The van der Waals surface area contributed by atoms with Crippen LogP contribution in [-0.4, -0.2) is 35.3 Å². The van der Waals surface area contributed by atoms with E-state index in [9.17, 15) is 0 Å². The van der Waals surface area contributed by atoms with Gasteiger partial charge in [-0.3, -0.25) is 4.98 Å². The average molecular weight is 398 g/mol. The van der Waals surface area contributed by atoms with Crippen LogP contribution in [0.4, 0.5) is 0 Å². The van der Waals surface area contributed by atoms with Crippen molar-refractivity contribution in [3.63, 3.8) is 0 Å². The first-order chi connectivity index (χ1) is 10.7. The van der Waals surface area contributed by atoms with Gasteiger partial charge in [-0.2, -0.15) is 0 Å². The highest BCUT2D eigenvalue weighted by Crippen LogP contribution is 2.41.